The topological polar surface area (TPSA) is 70.6 Å². The molecular formula is C11H23N3O. The molecule has 0 heterocycles. The van der Waals surface area contributed by atoms with Gasteiger partial charge in [-0.25, -0.2) is 0 Å². The van der Waals surface area contributed by atoms with Gasteiger partial charge in [-0.2, -0.15) is 0 Å². The second-order valence-corrected chi connectivity index (χ2v) is 5.12. The van der Waals surface area contributed by atoms with E-state index in [2.05, 4.69) is 10.5 Å². The lowest BCUT2D eigenvalue weighted by molar-refractivity contribution is 0.304. The SMILES string of the molecule is CC(C)(CCCNCC1CC1)C(N)=NO. The summed E-state index contributed by atoms with van der Waals surface area (Å²) in [5.74, 6) is 1.26. The quantitative estimate of drug-likeness (QED) is 0.197. The standard InChI is InChI=1S/C11H23N3O/c1-11(2,10(12)14-15)6-3-7-13-8-9-4-5-9/h9,13,15H,3-8H2,1-2H3,(H2,12,14). The number of hydrogen-bond acceptors (Lipinski definition) is 3. The molecule has 1 fully saturated rings. The van der Waals surface area contributed by atoms with Crippen molar-refractivity contribution in [3.63, 3.8) is 0 Å². The van der Waals surface area contributed by atoms with Crippen molar-refractivity contribution in [1.82, 2.24) is 5.32 Å². The van der Waals surface area contributed by atoms with Crippen LogP contribution in [0.2, 0.25) is 0 Å². The van der Waals surface area contributed by atoms with E-state index in [1.165, 1.54) is 12.8 Å². The third-order valence-corrected chi connectivity index (χ3v) is 3.09. The van der Waals surface area contributed by atoms with Crippen molar-refractivity contribution in [2.75, 3.05) is 13.1 Å². The molecule has 0 aromatic rings. The first-order valence-corrected chi connectivity index (χ1v) is 5.75. The molecule has 88 valence electrons. The maximum absolute atomic E-state index is 8.60. The zero-order chi connectivity index (χ0) is 11.3. The van der Waals surface area contributed by atoms with Gasteiger partial charge in [-0.15, -0.1) is 0 Å². The number of nitrogens with one attached hydrogen (secondary N) is 1. The Hall–Kier alpha value is -0.770. The number of nitrogens with two attached hydrogens (primary N) is 1. The van der Waals surface area contributed by atoms with Crippen molar-refractivity contribution in [1.29, 1.82) is 0 Å². The van der Waals surface area contributed by atoms with Gasteiger partial charge >= 0.3 is 0 Å². The predicted octanol–water partition coefficient (Wildman–Crippen LogP) is 1.54. The molecule has 1 aliphatic rings. The third-order valence-electron chi connectivity index (χ3n) is 3.09. The summed E-state index contributed by atoms with van der Waals surface area (Å²) in [6, 6.07) is 0. The highest BCUT2D eigenvalue weighted by Crippen LogP contribution is 2.27. The molecule has 1 aliphatic carbocycles. The summed E-state index contributed by atoms with van der Waals surface area (Å²) < 4.78 is 0. The Labute approximate surface area is 91.9 Å². The molecule has 0 saturated heterocycles. The van der Waals surface area contributed by atoms with Crippen molar-refractivity contribution >= 4 is 5.84 Å². The maximum atomic E-state index is 8.60. The molecule has 0 atom stereocenters. The molecule has 1 saturated carbocycles. The lowest BCUT2D eigenvalue weighted by atomic mass is 9.86. The summed E-state index contributed by atoms with van der Waals surface area (Å²) in [7, 11) is 0. The Morgan fingerprint density at radius 3 is 2.73 bits per heavy atom. The summed E-state index contributed by atoms with van der Waals surface area (Å²) in [6.45, 7) is 6.19. The van der Waals surface area contributed by atoms with Crippen LogP contribution in [0, 0.1) is 11.3 Å². The Morgan fingerprint density at radius 2 is 2.20 bits per heavy atom. The van der Waals surface area contributed by atoms with E-state index in [9.17, 15) is 0 Å². The molecule has 1 rings (SSSR count). The van der Waals surface area contributed by atoms with Crippen LogP contribution >= 0.6 is 0 Å². The van der Waals surface area contributed by atoms with Gasteiger partial charge < -0.3 is 16.3 Å². The fraction of sp³-hybridized carbons (Fsp3) is 0.909. The van der Waals surface area contributed by atoms with E-state index in [-0.39, 0.29) is 5.41 Å². The van der Waals surface area contributed by atoms with Crippen LogP contribution < -0.4 is 11.1 Å². The molecule has 0 amide bonds. The molecule has 4 nitrogen and oxygen atoms in total. The molecule has 0 aromatic heterocycles. The minimum absolute atomic E-state index is 0.198. The van der Waals surface area contributed by atoms with E-state index >= 15 is 0 Å². The highest BCUT2D eigenvalue weighted by Gasteiger charge is 2.23. The molecule has 0 aromatic carbocycles. The Balaban J connectivity index is 2.06. The maximum Gasteiger partial charge on any atom is 0.144 e. The van der Waals surface area contributed by atoms with E-state index in [1.54, 1.807) is 0 Å². The number of oxime groups is 1. The second kappa shape index (κ2) is 5.35. The average molecular weight is 213 g/mol. The van der Waals surface area contributed by atoms with Gasteiger partial charge in [0.15, 0.2) is 0 Å². The lowest BCUT2D eigenvalue weighted by Gasteiger charge is -2.22. The van der Waals surface area contributed by atoms with Crippen LogP contribution in [0.25, 0.3) is 0 Å². The van der Waals surface area contributed by atoms with Crippen molar-refractivity contribution in [3.05, 3.63) is 0 Å². The molecular weight excluding hydrogens is 190 g/mol. The van der Waals surface area contributed by atoms with Crippen LogP contribution in [0.5, 0.6) is 0 Å². The molecule has 4 N–H and O–H groups in total. The first-order valence-electron chi connectivity index (χ1n) is 5.75. The average Bonchev–Trinajstić information content (AvgIpc) is 2.99. The molecule has 0 unspecified atom stereocenters. The first-order chi connectivity index (χ1) is 7.06. The molecule has 0 spiro atoms. The lowest BCUT2D eigenvalue weighted by Crippen LogP contribution is -2.32. The largest absolute Gasteiger partial charge is 0.409 e. The monoisotopic (exact) mass is 213 g/mol. The van der Waals surface area contributed by atoms with Gasteiger partial charge in [-0.3, -0.25) is 0 Å². The smallest absolute Gasteiger partial charge is 0.144 e. The fourth-order valence-electron chi connectivity index (χ4n) is 1.55. The highest BCUT2D eigenvalue weighted by atomic mass is 16.4. The van der Waals surface area contributed by atoms with Gasteiger partial charge in [0.2, 0.25) is 0 Å². The number of rotatable bonds is 7. The minimum atomic E-state index is -0.198. The Kier molecular flexibility index (Phi) is 4.39. The highest BCUT2D eigenvalue weighted by molar-refractivity contribution is 5.85. The summed E-state index contributed by atoms with van der Waals surface area (Å²) in [4.78, 5) is 0. The molecule has 0 radical (unpaired) electrons. The van der Waals surface area contributed by atoms with Gasteiger partial charge in [0, 0.05) is 5.41 Å². The zero-order valence-electron chi connectivity index (χ0n) is 9.79. The van der Waals surface area contributed by atoms with E-state index in [1.807, 2.05) is 13.8 Å². The van der Waals surface area contributed by atoms with E-state index in [0.717, 1.165) is 31.8 Å². The van der Waals surface area contributed by atoms with Gasteiger partial charge in [-0.05, 0) is 44.7 Å². The summed E-state index contributed by atoms with van der Waals surface area (Å²) in [5, 5.41) is 15.1. The predicted molar refractivity (Wildman–Crippen MR) is 62.0 cm³/mol. The fourth-order valence-corrected chi connectivity index (χ4v) is 1.55. The summed E-state index contributed by atoms with van der Waals surface area (Å²) in [5.41, 5.74) is 5.40. The van der Waals surface area contributed by atoms with Crippen molar-refractivity contribution < 1.29 is 5.21 Å². The van der Waals surface area contributed by atoms with Crippen LogP contribution in [-0.4, -0.2) is 24.1 Å². The van der Waals surface area contributed by atoms with Crippen LogP contribution in [0.1, 0.15) is 39.5 Å². The van der Waals surface area contributed by atoms with Crippen molar-refractivity contribution in [2.45, 2.75) is 39.5 Å². The Morgan fingerprint density at radius 1 is 1.53 bits per heavy atom. The van der Waals surface area contributed by atoms with Crippen LogP contribution in [0.3, 0.4) is 0 Å². The van der Waals surface area contributed by atoms with Crippen LogP contribution in [0.4, 0.5) is 0 Å². The van der Waals surface area contributed by atoms with Crippen LogP contribution in [0.15, 0.2) is 5.16 Å². The minimum Gasteiger partial charge on any atom is -0.409 e. The van der Waals surface area contributed by atoms with E-state index in [0.29, 0.717) is 5.84 Å². The third kappa shape index (κ3) is 4.51. The summed E-state index contributed by atoms with van der Waals surface area (Å²) in [6.07, 6.45) is 4.79. The van der Waals surface area contributed by atoms with Gasteiger partial charge in [0.1, 0.15) is 5.84 Å². The van der Waals surface area contributed by atoms with E-state index < -0.39 is 0 Å². The van der Waals surface area contributed by atoms with Crippen molar-refractivity contribution in [3.8, 4) is 0 Å². The van der Waals surface area contributed by atoms with E-state index in [4.69, 9.17) is 10.9 Å². The first kappa shape index (κ1) is 12.3. The second-order valence-electron chi connectivity index (χ2n) is 5.12. The van der Waals surface area contributed by atoms with Gasteiger partial charge in [0.05, 0.1) is 0 Å². The Bertz CT molecular complexity index is 222. The molecule has 0 aliphatic heterocycles. The molecule has 0 bridgehead atoms. The number of hydrogen-bond donors (Lipinski definition) is 3. The normalized spacial score (nSPS) is 18.1. The molecule has 4 heteroatoms. The van der Waals surface area contributed by atoms with Gasteiger partial charge in [-0.1, -0.05) is 19.0 Å². The molecule has 15 heavy (non-hydrogen) atoms. The van der Waals surface area contributed by atoms with Crippen molar-refractivity contribution in [2.24, 2.45) is 22.2 Å². The number of nitrogens with zero attached hydrogens (tertiary/aromatic N) is 1. The van der Waals surface area contributed by atoms with Gasteiger partial charge in [0.25, 0.3) is 0 Å². The summed E-state index contributed by atoms with van der Waals surface area (Å²) >= 11 is 0. The number of amidine groups is 1. The zero-order valence-corrected chi connectivity index (χ0v) is 9.79. The van der Waals surface area contributed by atoms with Crippen LogP contribution in [-0.2, 0) is 0 Å².